The van der Waals surface area contributed by atoms with Gasteiger partial charge in [-0.15, -0.1) is 0 Å². The Kier molecular flexibility index (Phi) is 7.48. The van der Waals surface area contributed by atoms with E-state index in [9.17, 15) is 9.59 Å². The normalized spacial score (nSPS) is 14.3. The van der Waals surface area contributed by atoms with Crippen LogP contribution in [-0.2, 0) is 11.2 Å². The molecule has 0 unspecified atom stereocenters. The van der Waals surface area contributed by atoms with Crippen LogP contribution in [0.4, 0.5) is 0 Å². The van der Waals surface area contributed by atoms with Gasteiger partial charge in [0, 0.05) is 55.2 Å². The number of Topliss-reactive ketones (excluding diaryl/α,β-unsaturated/α-hetero) is 1. The zero-order chi connectivity index (χ0) is 24.1. The number of rotatable bonds is 8. The number of aryl methyl sites for hydroxylation is 2. The maximum absolute atomic E-state index is 13.1. The van der Waals surface area contributed by atoms with Gasteiger partial charge in [-0.3, -0.25) is 14.5 Å². The lowest BCUT2D eigenvalue weighted by atomic mass is 10.1. The third-order valence-corrected chi connectivity index (χ3v) is 6.64. The summed E-state index contributed by atoms with van der Waals surface area (Å²) in [6.45, 7) is 7.15. The summed E-state index contributed by atoms with van der Waals surface area (Å²) in [4.78, 5) is 29.9. The Morgan fingerprint density at radius 1 is 0.912 bits per heavy atom. The Bertz CT molecular complexity index is 1140. The van der Waals surface area contributed by atoms with Crippen LogP contribution in [0.5, 0.6) is 5.75 Å². The number of aromatic nitrogens is 1. The summed E-state index contributed by atoms with van der Waals surface area (Å²) in [5.74, 6) is 1.11. The summed E-state index contributed by atoms with van der Waals surface area (Å²) in [6.07, 6.45) is 1.13. The number of carbonyl (C=O) groups is 2. The number of carbonyl (C=O) groups excluding carboxylic acids is 2. The smallest absolute Gasteiger partial charge is 0.222 e. The van der Waals surface area contributed by atoms with E-state index in [1.165, 1.54) is 0 Å². The van der Waals surface area contributed by atoms with Crippen LogP contribution in [0.1, 0.15) is 33.7 Å². The van der Waals surface area contributed by atoms with Gasteiger partial charge in [-0.2, -0.15) is 0 Å². The van der Waals surface area contributed by atoms with Crippen LogP contribution in [0, 0.1) is 13.8 Å². The number of benzene rings is 2. The Labute approximate surface area is 201 Å². The number of methoxy groups -OCH3 is 1. The number of hydrogen-bond donors (Lipinski definition) is 0. The fourth-order valence-corrected chi connectivity index (χ4v) is 4.77. The summed E-state index contributed by atoms with van der Waals surface area (Å²) < 4.78 is 7.52. The van der Waals surface area contributed by atoms with E-state index in [1.54, 1.807) is 7.11 Å². The molecule has 1 aromatic heterocycles. The molecule has 1 fully saturated rings. The van der Waals surface area contributed by atoms with E-state index in [4.69, 9.17) is 4.74 Å². The van der Waals surface area contributed by atoms with Crippen molar-refractivity contribution >= 4 is 11.7 Å². The van der Waals surface area contributed by atoms with Crippen molar-refractivity contribution in [3.05, 3.63) is 83.2 Å². The van der Waals surface area contributed by atoms with Gasteiger partial charge in [0.2, 0.25) is 5.91 Å². The van der Waals surface area contributed by atoms with Crippen LogP contribution in [0.2, 0.25) is 0 Å². The van der Waals surface area contributed by atoms with Gasteiger partial charge >= 0.3 is 0 Å². The Morgan fingerprint density at radius 2 is 1.59 bits per heavy atom. The van der Waals surface area contributed by atoms with Gasteiger partial charge in [-0.25, -0.2) is 0 Å². The quantitative estimate of drug-likeness (QED) is 0.477. The van der Waals surface area contributed by atoms with Crippen molar-refractivity contribution in [2.75, 3.05) is 39.8 Å². The van der Waals surface area contributed by atoms with Gasteiger partial charge in [-0.1, -0.05) is 36.4 Å². The van der Waals surface area contributed by atoms with Crippen molar-refractivity contribution in [3.8, 4) is 11.4 Å². The van der Waals surface area contributed by atoms with Gasteiger partial charge in [0.25, 0.3) is 0 Å². The molecule has 0 N–H and O–H groups in total. The predicted octanol–water partition coefficient (Wildman–Crippen LogP) is 4.06. The summed E-state index contributed by atoms with van der Waals surface area (Å²) in [7, 11) is 1.65. The first-order chi connectivity index (χ1) is 16.5. The molecule has 178 valence electrons. The number of amides is 1. The Balaban J connectivity index is 1.30. The highest BCUT2D eigenvalue weighted by Gasteiger charge is 2.24. The molecule has 1 aliphatic heterocycles. The first-order valence-electron chi connectivity index (χ1n) is 11.9. The largest absolute Gasteiger partial charge is 0.496 e. The second kappa shape index (κ2) is 10.7. The van der Waals surface area contributed by atoms with E-state index in [-0.39, 0.29) is 11.7 Å². The molecule has 2 aromatic carbocycles. The summed E-state index contributed by atoms with van der Waals surface area (Å²) in [6, 6.07) is 19.9. The van der Waals surface area contributed by atoms with Crippen LogP contribution in [0.3, 0.4) is 0 Å². The van der Waals surface area contributed by atoms with E-state index < -0.39 is 0 Å². The molecule has 0 bridgehead atoms. The van der Waals surface area contributed by atoms with Gasteiger partial charge in [0.15, 0.2) is 5.78 Å². The fourth-order valence-electron chi connectivity index (χ4n) is 4.77. The van der Waals surface area contributed by atoms with E-state index >= 15 is 0 Å². The highest BCUT2D eigenvalue weighted by atomic mass is 16.5. The summed E-state index contributed by atoms with van der Waals surface area (Å²) >= 11 is 0. The van der Waals surface area contributed by atoms with E-state index in [1.807, 2.05) is 67.3 Å². The maximum Gasteiger partial charge on any atom is 0.222 e. The number of para-hydroxylation sites is 2. The van der Waals surface area contributed by atoms with Gasteiger partial charge in [0.1, 0.15) is 5.75 Å². The van der Waals surface area contributed by atoms with Crippen molar-refractivity contribution in [2.45, 2.75) is 26.7 Å². The van der Waals surface area contributed by atoms with Gasteiger partial charge in [0.05, 0.1) is 13.7 Å². The highest BCUT2D eigenvalue weighted by molar-refractivity contribution is 5.99. The van der Waals surface area contributed by atoms with Crippen molar-refractivity contribution in [2.24, 2.45) is 0 Å². The van der Waals surface area contributed by atoms with Crippen LogP contribution in [0.15, 0.2) is 60.7 Å². The molecule has 1 saturated heterocycles. The Hall–Kier alpha value is -3.38. The van der Waals surface area contributed by atoms with E-state index in [0.29, 0.717) is 45.6 Å². The summed E-state index contributed by atoms with van der Waals surface area (Å²) in [5.41, 5.74) is 4.92. The molecule has 1 amide bonds. The molecule has 0 saturated carbocycles. The van der Waals surface area contributed by atoms with Crippen molar-refractivity contribution < 1.29 is 14.3 Å². The lowest BCUT2D eigenvalue weighted by Crippen LogP contribution is -2.50. The van der Waals surface area contributed by atoms with Crippen LogP contribution in [0.25, 0.3) is 5.69 Å². The van der Waals surface area contributed by atoms with Crippen LogP contribution >= 0.6 is 0 Å². The zero-order valence-corrected chi connectivity index (χ0v) is 20.3. The van der Waals surface area contributed by atoms with Gasteiger partial charge in [-0.05, 0) is 50.1 Å². The third-order valence-electron chi connectivity index (χ3n) is 6.64. The van der Waals surface area contributed by atoms with E-state index in [2.05, 4.69) is 21.6 Å². The maximum atomic E-state index is 13.1. The standard InChI is InChI=1S/C28H33N3O3/c1-21-19-25(22(2)31(21)24-10-5-4-6-11-24)26(32)20-29-15-17-30(18-16-29)28(33)14-13-23-9-7-8-12-27(23)34-3/h4-12,19H,13-18,20H2,1-3H3. The molecule has 34 heavy (non-hydrogen) atoms. The minimum Gasteiger partial charge on any atom is -0.496 e. The molecule has 0 radical (unpaired) electrons. The number of nitrogens with zero attached hydrogens (tertiary/aromatic N) is 3. The Morgan fingerprint density at radius 3 is 2.29 bits per heavy atom. The van der Waals surface area contributed by atoms with Gasteiger partial charge < -0.3 is 14.2 Å². The molecule has 6 heteroatoms. The molecule has 1 aliphatic rings. The monoisotopic (exact) mass is 459 g/mol. The average molecular weight is 460 g/mol. The topological polar surface area (TPSA) is 54.8 Å². The van der Waals surface area contributed by atoms with Crippen LogP contribution < -0.4 is 4.74 Å². The minimum atomic E-state index is 0.131. The SMILES string of the molecule is COc1ccccc1CCC(=O)N1CCN(CC(=O)c2cc(C)n(-c3ccccc3)c2C)CC1. The zero-order valence-electron chi connectivity index (χ0n) is 20.3. The lowest BCUT2D eigenvalue weighted by Gasteiger charge is -2.34. The minimum absolute atomic E-state index is 0.131. The second-order valence-electron chi connectivity index (χ2n) is 8.85. The molecule has 2 heterocycles. The number of hydrogen-bond acceptors (Lipinski definition) is 4. The predicted molar refractivity (Wildman–Crippen MR) is 134 cm³/mol. The number of ether oxygens (including phenoxy) is 1. The van der Waals surface area contributed by atoms with Crippen molar-refractivity contribution in [1.29, 1.82) is 0 Å². The molecule has 0 spiro atoms. The molecular formula is C28H33N3O3. The molecule has 3 aromatic rings. The molecule has 0 aliphatic carbocycles. The first-order valence-corrected chi connectivity index (χ1v) is 11.9. The molecule has 4 rings (SSSR count). The molecule has 6 nitrogen and oxygen atoms in total. The number of piperazine rings is 1. The number of ketones is 1. The van der Waals surface area contributed by atoms with Crippen LogP contribution in [-0.4, -0.2) is 65.9 Å². The molecular weight excluding hydrogens is 426 g/mol. The third kappa shape index (κ3) is 5.23. The lowest BCUT2D eigenvalue weighted by molar-refractivity contribution is -0.132. The van der Waals surface area contributed by atoms with Crippen molar-refractivity contribution in [1.82, 2.24) is 14.4 Å². The highest BCUT2D eigenvalue weighted by Crippen LogP contribution is 2.22. The molecule has 0 atom stereocenters. The fraction of sp³-hybridized carbons (Fsp3) is 0.357. The first kappa shape index (κ1) is 23.8. The van der Waals surface area contributed by atoms with E-state index in [0.717, 1.165) is 34.0 Å². The average Bonchev–Trinajstić information content (AvgIpc) is 3.17. The summed E-state index contributed by atoms with van der Waals surface area (Å²) in [5, 5.41) is 0. The van der Waals surface area contributed by atoms with Crippen molar-refractivity contribution in [3.63, 3.8) is 0 Å². The second-order valence-corrected chi connectivity index (χ2v) is 8.85.